The van der Waals surface area contributed by atoms with Gasteiger partial charge in [0.25, 0.3) is 0 Å². The highest BCUT2D eigenvalue weighted by atomic mass is 19.4. The van der Waals surface area contributed by atoms with E-state index in [1.54, 1.807) is 6.07 Å². The molecule has 0 radical (unpaired) electrons. The molecule has 1 aliphatic rings. The second-order valence-corrected chi connectivity index (χ2v) is 7.74. The maximum atomic E-state index is 14.6. The number of nitrogens with zero attached hydrogens (tertiary/aromatic N) is 1. The fourth-order valence-electron chi connectivity index (χ4n) is 3.80. The van der Waals surface area contributed by atoms with Gasteiger partial charge < -0.3 is 20.9 Å². The Morgan fingerprint density at radius 2 is 1.84 bits per heavy atom. The summed E-state index contributed by atoms with van der Waals surface area (Å²) >= 11 is 0. The lowest BCUT2D eigenvalue weighted by Gasteiger charge is -2.36. The molecule has 3 aromatic rings. The number of hydrogen-bond acceptors (Lipinski definition) is 5. The summed E-state index contributed by atoms with van der Waals surface area (Å²) in [6, 6.07) is 5.32. The molecule has 4 N–H and O–H groups in total. The van der Waals surface area contributed by atoms with E-state index in [0.29, 0.717) is 40.8 Å². The largest absolute Gasteiger partial charge is 0.490 e. The molecule has 0 unspecified atom stereocenters. The van der Waals surface area contributed by atoms with Gasteiger partial charge in [-0.1, -0.05) is 0 Å². The number of pyridine rings is 1. The number of halogens is 5. The smallest absolute Gasteiger partial charge is 0.419 e. The second-order valence-electron chi connectivity index (χ2n) is 7.74. The molecule has 10 heteroatoms. The molecule has 0 saturated heterocycles. The predicted molar refractivity (Wildman–Crippen MR) is 108 cm³/mol. The maximum absolute atomic E-state index is 14.6. The molecule has 170 valence electrons. The van der Waals surface area contributed by atoms with Crippen LogP contribution in [-0.4, -0.2) is 22.2 Å². The molecule has 4 rings (SSSR count). The van der Waals surface area contributed by atoms with Crippen LogP contribution < -0.4 is 15.8 Å². The van der Waals surface area contributed by atoms with Crippen LogP contribution in [-0.2, 0) is 19.3 Å². The summed E-state index contributed by atoms with van der Waals surface area (Å²) in [5.41, 5.74) is 5.15. The third-order valence-electron chi connectivity index (χ3n) is 5.56. The summed E-state index contributed by atoms with van der Waals surface area (Å²) in [5.74, 6) is -1.67. The number of nitrogens with one attached hydrogen (secondary N) is 1. The molecule has 0 spiro atoms. The van der Waals surface area contributed by atoms with E-state index in [9.17, 15) is 27.1 Å². The first-order chi connectivity index (χ1) is 15.2. The molecule has 1 aliphatic carbocycles. The number of nitrogens with two attached hydrogens (primary N) is 1. The number of aliphatic hydroxyl groups excluding tert-OH is 1. The fourth-order valence-corrected chi connectivity index (χ4v) is 3.80. The van der Waals surface area contributed by atoms with Crippen molar-refractivity contribution in [3.63, 3.8) is 0 Å². The molecule has 1 aromatic heterocycles. The quantitative estimate of drug-likeness (QED) is 0.485. The average Bonchev–Trinajstić information content (AvgIpc) is 2.70. The monoisotopic (exact) mass is 453 g/mol. The fraction of sp³-hybridized carbons (Fsp3) is 0.318. The average molecular weight is 453 g/mol. The number of benzene rings is 2. The summed E-state index contributed by atoms with van der Waals surface area (Å²) < 4.78 is 72.1. The van der Waals surface area contributed by atoms with Crippen molar-refractivity contribution in [3.8, 4) is 5.75 Å². The Hall–Kier alpha value is -2.98. The SMILES string of the molecule is Nc1cc2c(CNC3CC(Oc4ccc(F)c(C(F)(F)F)c4)C3)c(F)cc(CO)c2cn1. The van der Waals surface area contributed by atoms with Crippen LogP contribution in [0.25, 0.3) is 10.8 Å². The Morgan fingerprint density at radius 3 is 2.53 bits per heavy atom. The van der Waals surface area contributed by atoms with Gasteiger partial charge in [0.15, 0.2) is 0 Å². The Balaban J connectivity index is 1.39. The number of hydrogen-bond donors (Lipinski definition) is 3. The van der Waals surface area contributed by atoms with E-state index in [1.165, 1.54) is 12.3 Å². The zero-order valence-corrected chi connectivity index (χ0v) is 16.7. The third kappa shape index (κ3) is 4.46. The molecular formula is C22H20F5N3O2. The molecule has 1 heterocycles. The van der Waals surface area contributed by atoms with Crippen molar-refractivity contribution in [2.75, 3.05) is 5.73 Å². The van der Waals surface area contributed by atoms with Crippen molar-refractivity contribution in [3.05, 3.63) is 64.9 Å². The molecular weight excluding hydrogens is 433 g/mol. The van der Waals surface area contributed by atoms with E-state index >= 15 is 0 Å². The highest BCUT2D eigenvalue weighted by Gasteiger charge is 2.35. The Labute approximate surface area is 180 Å². The summed E-state index contributed by atoms with van der Waals surface area (Å²) in [5, 5.41) is 13.8. The molecule has 2 aromatic carbocycles. The van der Waals surface area contributed by atoms with Gasteiger partial charge in [-0.3, -0.25) is 0 Å². The molecule has 0 bridgehead atoms. The topological polar surface area (TPSA) is 80.4 Å². The summed E-state index contributed by atoms with van der Waals surface area (Å²) in [6.07, 6.45) is -2.65. The van der Waals surface area contributed by atoms with E-state index in [-0.39, 0.29) is 36.9 Å². The van der Waals surface area contributed by atoms with Crippen LogP contribution >= 0.6 is 0 Å². The van der Waals surface area contributed by atoms with Crippen LogP contribution in [0.1, 0.15) is 29.5 Å². The number of nitrogen functional groups attached to an aromatic ring is 1. The van der Waals surface area contributed by atoms with E-state index in [1.807, 2.05) is 0 Å². The number of ether oxygens (including phenoxy) is 1. The number of rotatable bonds is 6. The van der Waals surface area contributed by atoms with Crippen molar-refractivity contribution in [1.82, 2.24) is 10.3 Å². The first-order valence-electron chi connectivity index (χ1n) is 9.89. The highest BCUT2D eigenvalue weighted by molar-refractivity contribution is 5.89. The molecule has 1 saturated carbocycles. The van der Waals surface area contributed by atoms with Crippen molar-refractivity contribution in [1.29, 1.82) is 0 Å². The first kappa shape index (κ1) is 22.2. The predicted octanol–water partition coefficient (Wildman–Crippen LogP) is 4.31. The first-order valence-corrected chi connectivity index (χ1v) is 9.89. The highest BCUT2D eigenvalue weighted by Crippen LogP contribution is 2.35. The Bertz CT molecular complexity index is 1150. The van der Waals surface area contributed by atoms with E-state index in [2.05, 4.69) is 10.3 Å². The standard InChI is InChI=1S/C22H20F5N3O2/c23-19-2-1-13(6-18(19)22(25,26)27)32-14-4-12(5-14)29-9-17-15-7-21(28)30-8-16(15)11(10-31)3-20(17)24/h1-3,6-8,12,14,29,31H,4-5,9-10H2,(H2,28,30). The van der Waals surface area contributed by atoms with Gasteiger partial charge in [-0.2, -0.15) is 13.2 Å². The van der Waals surface area contributed by atoms with E-state index in [4.69, 9.17) is 10.5 Å². The zero-order valence-electron chi connectivity index (χ0n) is 16.7. The van der Waals surface area contributed by atoms with Gasteiger partial charge >= 0.3 is 6.18 Å². The zero-order chi connectivity index (χ0) is 23.0. The number of aliphatic hydroxyl groups is 1. The van der Waals surface area contributed by atoms with Crippen molar-refractivity contribution < 1.29 is 31.8 Å². The third-order valence-corrected chi connectivity index (χ3v) is 5.56. The number of alkyl halides is 3. The van der Waals surface area contributed by atoms with Gasteiger partial charge in [0.05, 0.1) is 12.2 Å². The molecule has 0 amide bonds. The minimum Gasteiger partial charge on any atom is -0.490 e. The number of anilines is 1. The molecule has 1 fully saturated rings. The van der Waals surface area contributed by atoms with Gasteiger partial charge in [0.1, 0.15) is 29.3 Å². The Kier molecular flexibility index (Phi) is 5.91. The van der Waals surface area contributed by atoms with Gasteiger partial charge in [0.2, 0.25) is 0 Å². The van der Waals surface area contributed by atoms with Crippen LogP contribution in [0, 0.1) is 11.6 Å². The van der Waals surface area contributed by atoms with E-state index < -0.39 is 23.4 Å². The molecule has 5 nitrogen and oxygen atoms in total. The van der Waals surface area contributed by atoms with Crippen LogP contribution in [0.15, 0.2) is 36.5 Å². The van der Waals surface area contributed by atoms with Crippen molar-refractivity contribution in [2.45, 2.75) is 44.3 Å². The maximum Gasteiger partial charge on any atom is 0.419 e. The van der Waals surface area contributed by atoms with Gasteiger partial charge in [0, 0.05) is 29.7 Å². The van der Waals surface area contributed by atoms with Gasteiger partial charge in [-0.15, -0.1) is 0 Å². The lowest BCUT2D eigenvalue weighted by molar-refractivity contribution is -0.140. The number of fused-ring (bicyclic) bond motifs is 1. The summed E-state index contributed by atoms with van der Waals surface area (Å²) in [7, 11) is 0. The Morgan fingerprint density at radius 1 is 1.09 bits per heavy atom. The second kappa shape index (κ2) is 8.51. The summed E-state index contributed by atoms with van der Waals surface area (Å²) in [6.45, 7) is -0.155. The van der Waals surface area contributed by atoms with Crippen molar-refractivity contribution in [2.24, 2.45) is 0 Å². The van der Waals surface area contributed by atoms with Gasteiger partial charge in [-0.05, 0) is 54.1 Å². The van der Waals surface area contributed by atoms with Gasteiger partial charge in [-0.25, -0.2) is 13.8 Å². The van der Waals surface area contributed by atoms with Crippen molar-refractivity contribution >= 4 is 16.6 Å². The van der Waals surface area contributed by atoms with E-state index in [0.717, 1.165) is 12.1 Å². The van der Waals surface area contributed by atoms with Crippen LogP contribution in [0.4, 0.5) is 27.8 Å². The molecule has 32 heavy (non-hydrogen) atoms. The normalized spacial score (nSPS) is 18.6. The molecule has 0 aliphatic heterocycles. The van der Waals surface area contributed by atoms with Crippen LogP contribution in [0.3, 0.4) is 0 Å². The molecule has 0 atom stereocenters. The van der Waals surface area contributed by atoms with Crippen LogP contribution in [0.5, 0.6) is 5.75 Å². The minimum absolute atomic E-state index is 0.0336. The number of aromatic nitrogens is 1. The minimum atomic E-state index is -4.80. The lowest BCUT2D eigenvalue weighted by atomic mass is 9.88. The lowest BCUT2D eigenvalue weighted by Crippen LogP contribution is -2.46. The summed E-state index contributed by atoms with van der Waals surface area (Å²) in [4.78, 5) is 4.00. The van der Waals surface area contributed by atoms with Crippen LogP contribution in [0.2, 0.25) is 0 Å².